The van der Waals surface area contributed by atoms with Crippen LogP contribution in [-0.2, 0) is 25.5 Å². The topological polar surface area (TPSA) is 93.7 Å². The summed E-state index contributed by atoms with van der Waals surface area (Å²) in [5.41, 5.74) is -0.00412. The van der Waals surface area contributed by atoms with Crippen molar-refractivity contribution in [3.63, 3.8) is 0 Å². The molecule has 0 unspecified atom stereocenters. The van der Waals surface area contributed by atoms with Crippen LogP contribution in [0.5, 0.6) is 0 Å². The standard InChI is InChI=1S/C28H37FN2O5/c1-27(2,3)35-24(32)15-14-23(26(34)36-28(4,5)6)31-25(33)21-13-12-20(18-22(21)29)30-17-16-19-10-8-7-9-11-19/h7-13,18,23,30H,14-17H2,1-6H3,(H,31,33)/t23-/m1/s1. The highest BCUT2D eigenvalue weighted by Gasteiger charge is 2.29. The number of amides is 1. The fraction of sp³-hybridized carbons (Fsp3) is 0.464. The minimum Gasteiger partial charge on any atom is -0.460 e. The molecule has 0 heterocycles. The monoisotopic (exact) mass is 500 g/mol. The van der Waals surface area contributed by atoms with E-state index in [9.17, 15) is 18.8 Å². The van der Waals surface area contributed by atoms with E-state index in [2.05, 4.69) is 10.6 Å². The lowest BCUT2D eigenvalue weighted by molar-refractivity contribution is -0.158. The fourth-order valence-electron chi connectivity index (χ4n) is 3.32. The maximum Gasteiger partial charge on any atom is 0.329 e. The van der Waals surface area contributed by atoms with E-state index in [1.165, 1.54) is 12.1 Å². The van der Waals surface area contributed by atoms with Crippen LogP contribution in [0, 0.1) is 5.82 Å². The molecule has 0 bridgehead atoms. The number of carbonyl (C=O) groups is 3. The van der Waals surface area contributed by atoms with Gasteiger partial charge in [-0.1, -0.05) is 30.3 Å². The molecule has 0 saturated carbocycles. The molecule has 0 spiro atoms. The molecule has 36 heavy (non-hydrogen) atoms. The third-order valence-electron chi connectivity index (χ3n) is 4.85. The first-order valence-corrected chi connectivity index (χ1v) is 12.1. The van der Waals surface area contributed by atoms with Gasteiger partial charge in [-0.25, -0.2) is 9.18 Å². The molecule has 0 radical (unpaired) electrons. The minimum absolute atomic E-state index is 0.0453. The molecular weight excluding hydrogens is 463 g/mol. The lowest BCUT2D eigenvalue weighted by Crippen LogP contribution is -2.44. The first-order valence-electron chi connectivity index (χ1n) is 12.1. The van der Waals surface area contributed by atoms with Gasteiger partial charge in [0.2, 0.25) is 0 Å². The van der Waals surface area contributed by atoms with Crippen molar-refractivity contribution >= 4 is 23.5 Å². The molecule has 0 aliphatic carbocycles. The first kappa shape index (κ1) is 28.8. The van der Waals surface area contributed by atoms with Gasteiger partial charge < -0.3 is 20.1 Å². The number of hydrogen-bond acceptors (Lipinski definition) is 6. The van der Waals surface area contributed by atoms with E-state index in [4.69, 9.17) is 9.47 Å². The van der Waals surface area contributed by atoms with E-state index in [0.29, 0.717) is 12.2 Å². The van der Waals surface area contributed by atoms with Crippen LogP contribution in [0.1, 0.15) is 70.3 Å². The molecule has 2 N–H and O–H groups in total. The van der Waals surface area contributed by atoms with Gasteiger partial charge in [0, 0.05) is 18.7 Å². The zero-order chi connectivity index (χ0) is 26.9. The molecule has 0 aliphatic heterocycles. The Balaban J connectivity index is 2.04. The molecule has 0 aromatic heterocycles. The normalized spacial score (nSPS) is 12.4. The summed E-state index contributed by atoms with van der Waals surface area (Å²) >= 11 is 0. The molecule has 0 aliphatic rings. The number of benzene rings is 2. The Morgan fingerprint density at radius 1 is 0.917 bits per heavy atom. The van der Waals surface area contributed by atoms with Crippen LogP contribution in [-0.4, -0.2) is 41.6 Å². The van der Waals surface area contributed by atoms with E-state index in [-0.39, 0.29) is 18.4 Å². The average Bonchev–Trinajstić information content (AvgIpc) is 2.75. The summed E-state index contributed by atoms with van der Waals surface area (Å²) < 4.78 is 25.5. The van der Waals surface area contributed by atoms with Crippen LogP contribution in [0.15, 0.2) is 48.5 Å². The number of esters is 2. The van der Waals surface area contributed by atoms with E-state index in [1.807, 2.05) is 30.3 Å². The first-order chi connectivity index (χ1) is 16.7. The Bertz CT molecular complexity index is 1040. The van der Waals surface area contributed by atoms with Crippen molar-refractivity contribution in [1.82, 2.24) is 5.32 Å². The van der Waals surface area contributed by atoms with Gasteiger partial charge in [0.1, 0.15) is 23.1 Å². The number of carbonyl (C=O) groups excluding carboxylic acids is 3. The molecule has 8 heteroatoms. The summed E-state index contributed by atoms with van der Waals surface area (Å²) in [6.45, 7) is 10.9. The second-order valence-corrected chi connectivity index (χ2v) is 10.5. The Hall–Kier alpha value is -3.42. The van der Waals surface area contributed by atoms with Crippen molar-refractivity contribution in [2.24, 2.45) is 0 Å². The second kappa shape index (κ2) is 12.5. The maximum absolute atomic E-state index is 14.8. The van der Waals surface area contributed by atoms with Gasteiger partial charge in [0.25, 0.3) is 5.91 Å². The van der Waals surface area contributed by atoms with Crippen molar-refractivity contribution < 1.29 is 28.2 Å². The maximum atomic E-state index is 14.8. The summed E-state index contributed by atoms with van der Waals surface area (Å²) in [6.07, 6.45) is 0.602. The number of nitrogens with one attached hydrogen (secondary N) is 2. The third-order valence-corrected chi connectivity index (χ3v) is 4.85. The molecule has 7 nitrogen and oxygen atoms in total. The van der Waals surface area contributed by atoms with Crippen molar-refractivity contribution in [3.05, 3.63) is 65.5 Å². The third kappa shape index (κ3) is 10.5. The van der Waals surface area contributed by atoms with Crippen molar-refractivity contribution in [2.45, 2.75) is 78.0 Å². The molecule has 1 atom stereocenters. The quantitative estimate of drug-likeness (QED) is 0.444. The van der Waals surface area contributed by atoms with E-state index < -0.39 is 40.9 Å². The predicted molar refractivity (Wildman–Crippen MR) is 137 cm³/mol. The molecule has 2 rings (SSSR count). The summed E-state index contributed by atoms with van der Waals surface area (Å²) in [6, 6.07) is 12.9. The zero-order valence-corrected chi connectivity index (χ0v) is 21.9. The van der Waals surface area contributed by atoms with E-state index in [1.54, 1.807) is 47.6 Å². The average molecular weight is 501 g/mol. The van der Waals surface area contributed by atoms with Crippen LogP contribution in [0.4, 0.5) is 10.1 Å². The smallest absolute Gasteiger partial charge is 0.329 e. The van der Waals surface area contributed by atoms with Crippen LogP contribution >= 0.6 is 0 Å². The lowest BCUT2D eigenvalue weighted by Gasteiger charge is -2.25. The largest absolute Gasteiger partial charge is 0.460 e. The fourth-order valence-corrected chi connectivity index (χ4v) is 3.32. The number of halogens is 1. The minimum atomic E-state index is -1.15. The molecule has 0 saturated heterocycles. The van der Waals surface area contributed by atoms with Gasteiger partial charge in [0.15, 0.2) is 0 Å². The van der Waals surface area contributed by atoms with Gasteiger partial charge in [-0.2, -0.15) is 0 Å². The number of ether oxygens (including phenoxy) is 2. The van der Waals surface area contributed by atoms with Gasteiger partial charge in [-0.3, -0.25) is 9.59 Å². The second-order valence-electron chi connectivity index (χ2n) is 10.5. The summed E-state index contributed by atoms with van der Waals surface area (Å²) in [5, 5.41) is 5.66. The SMILES string of the molecule is CC(C)(C)OC(=O)CC[C@@H](NC(=O)c1ccc(NCCc2ccccc2)cc1F)C(=O)OC(C)(C)C. The van der Waals surface area contributed by atoms with Crippen LogP contribution < -0.4 is 10.6 Å². The number of anilines is 1. The summed E-state index contributed by atoms with van der Waals surface area (Å²) in [7, 11) is 0. The highest BCUT2D eigenvalue weighted by molar-refractivity contribution is 5.97. The Labute approximate surface area is 212 Å². The number of hydrogen-bond donors (Lipinski definition) is 2. The summed E-state index contributed by atoms with van der Waals surface area (Å²) in [5.74, 6) is -2.72. The zero-order valence-electron chi connectivity index (χ0n) is 21.9. The summed E-state index contributed by atoms with van der Waals surface area (Å²) in [4.78, 5) is 37.7. The van der Waals surface area contributed by atoms with Crippen molar-refractivity contribution in [1.29, 1.82) is 0 Å². The molecule has 2 aromatic rings. The van der Waals surface area contributed by atoms with Crippen LogP contribution in [0.3, 0.4) is 0 Å². The number of rotatable bonds is 10. The van der Waals surface area contributed by atoms with Gasteiger partial charge >= 0.3 is 11.9 Å². The highest BCUT2D eigenvalue weighted by atomic mass is 19.1. The van der Waals surface area contributed by atoms with Crippen molar-refractivity contribution in [2.75, 3.05) is 11.9 Å². The van der Waals surface area contributed by atoms with Gasteiger partial charge in [-0.15, -0.1) is 0 Å². The Kier molecular flexibility index (Phi) is 10.0. The highest BCUT2D eigenvalue weighted by Crippen LogP contribution is 2.17. The van der Waals surface area contributed by atoms with Crippen molar-refractivity contribution in [3.8, 4) is 0 Å². The molecule has 1 amide bonds. The molecule has 2 aromatic carbocycles. The molecule has 196 valence electrons. The predicted octanol–water partition coefficient (Wildman–Crippen LogP) is 5.04. The van der Waals surface area contributed by atoms with E-state index in [0.717, 1.165) is 12.0 Å². The Morgan fingerprint density at radius 2 is 1.56 bits per heavy atom. The van der Waals surface area contributed by atoms with Gasteiger partial charge in [0.05, 0.1) is 5.56 Å². The van der Waals surface area contributed by atoms with Crippen LogP contribution in [0.2, 0.25) is 0 Å². The molecular formula is C28H37FN2O5. The lowest BCUT2D eigenvalue weighted by atomic mass is 10.1. The Morgan fingerprint density at radius 3 is 2.14 bits per heavy atom. The molecule has 0 fully saturated rings. The van der Waals surface area contributed by atoms with E-state index >= 15 is 0 Å². The van der Waals surface area contributed by atoms with Gasteiger partial charge in [-0.05, 0) is 78.1 Å². The van der Waals surface area contributed by atoms with Crippen LogP contribution in [0.25, 0.3) is 0 Å².